The standard InChI is InChI=1S/C27H60SSi6.C15H23.Pb/c1-29(2,3)25(30(4,5)6)21-19-22(26(31(7,8)9)32(10,11)12)24(28)23(20-21)27(33(13,14)15)34(16,17)18;1-10(2)13-7-14(11(3)4)9-15(8-13)12(5)6;/h19-20,25-28H,1-18H3;7-8,10-12H,1-6H3;/p-1. The van der Waals surface area contributed by atoms with Crippen LogP contribution in [0.5, 0.6) is 0 Å². The van der Waals surface area contributed by atoms with Gasteiger partial charge in [-0.25, -0.2) is 0 Å². The van der Waals surface area contributed by atoms with E-state index in [0.717, 1.165) is 5.16 Å². The Morgan fingerprint density at radius 2 is 0.660 bits per heavy atom. The van der Waals surface area contributed by atoms with E-state index < -0.39 is 48.4 Å². The molecular formula is C42H82PbSSi6-. The van der Waals surface area contributed by atoms with E-state index in [0.29, 0.717) is 28.1 Å². The Kier molecular flexibility index (Phi) is 18.5. The molecule has 5 radical (unpaired) electrons. The maximum absolute atomic E-state index is 6.56. The van der Waals surface area contributed by atoms with Crippen LogP contribution < -0.4 is 0 Å². The van der Waals surface area contributed by atoms with Gasteiger partial charge in [0.25, 0.3) is 0 Å². The van der Waals surface area contributed by atoms with Crippen molar-refractivity contribution in [3.05, 3.63) is 63.7 Å². The van der Waals surface area contributed by atoms with Crippen LogP contribution in [0.3, 0.4) is 0 Å². The van der Waals surface area contributed by atoms with Crippen LogP contribution in [-0.2, 0) is 12.6 Å². The molecule has 0 fully saturated rings. The molecule has 0 bridgehead atoms. The van der Waals surface area contributed by atoms with Crippen LogP contribution >= 0.6 is 0 Å². The van der Waals surface area contributed by atoms with Crippen molar-refractivity contribution in [3.63, 3.8) is 0 Å². The zero-order chi connectivity index (χ0) is 39.0. The molecule has 0 nitrogen and oxygen atoms in total. The van der Waals surface area contributed by atoms with E-state index in [2.05, 4.69) is 190 Å². The van der Waals surface area contributed by atoms with Crippen molar-refractivity contribution in [2.75, 3.05) is 0 Å². The van der Waals surface area contributed by atoms with Gasteiger partial charge in [-0.05, 0) is 61.6 Å². The number of rotatable bonds is 12. The second-order valence-electron chi connectivity index (χ2n) is 22.8. The van der Waals surface area contributed by atoms with Gasteiger partial charge in [0.1, 0.15) is 0 Å². The second kappa shape index (κ2) is 18.2. The van der Waals surface area contributed by atoms with E-state index in [1.165, 1.54) is 21.6 Å². The average Bonchev–Trinajstić information content (AvgIpc) is 2.81. The van der Waals surface area contributed by atoms with E-state index in [4.69, 9.17) is 12.6 Å². The number of hydrogen-bond donors (Lipinski definition) is 0. The molecule has 0 saturated carbocycles. The summed E-state index contributed by atoms with van der Waals surface area (Å²) in [5, 5.41) is 2.18. The van der Waals surface area contributed by atoms with Crippen LogP contribution in [0.1, 0.15) is 108 Å². The van der Waals surface area contributed by atoms with E-state index in [-0.39, 0.29) is 27.3 Å². The summed E-state index contributed by atoms with van der Waals surface area (Å²) in [6.07, 6.45) is 0. The SMILES string of the molecule is CC(C)c1[c]c(C(C)C)cc(C(C)C)c1.C[Si](C)(C)C(c1cc(C([Si](C)(C)C)[Si](C)(C)C)c([S-])c(C([Si](C)(C)C)[Si](C)(C)C)c1)[Si](C)(C)C.[Pb]. The summed E-state index contributed by atoms with van der Waals surface area (Å²) in [4.78, 5) is 1.28. The summed E-state index contributed by atoms with van der Waals surface area (Å²) in [6, 6.07) is 13.5. The fraction of sp³-hybridized carbons (Fsp3) is 0.714. The molecule has 2 aromatic rings. The average molecular weight is 995 g/mol. The summed E-state index contributed by atoms with van der Waals surface area (Å²) < 4.78 is 0. The molecule has 0 spiro atoms. The fourth-order valence-electron chi connectivity index (χ4n) is 9.65. The molecule has 0 amide bonds. The molecule has 0 atom stereocenters. The van der Waals surface area contributed by atoms with Crippen LogP contribution in [-0.4, -0.2) is 75.7 Å². The van der Waals surface area contributed by atoms with Gasteiger partial charge in [0.15, 0.2) is 0 Å². The molecule has 8 heteroatoms. The predicted molar refractivity (Wildman–Crippen MR) is 254 cm³/mol. The van der Waals surface area contributed by atoms with Gasteiger partial charge >= 0.3 is 0 Å². The molecule has 0 N–H and O–H groups in total. The van der Waals surface area contributed by atoms with Gasteiger partial charge in [0.2, 0.25) is 0 Å². The van der Waals surface area contributed by atoms with Gasteiger partial charge in [-0.15, -0.1) is 0 Å². The third-order valence-corrected chi connectivity index (χ3v) is 38.5. The minimum atomic E-state index is -1.45. The minimum absolute atomic E-state index is 0. The molecular weight excluding hydrogens is 912 g/mol. The first-order chi connectivity index (χ1) is 21.5. The summed E-state index contributed by atoms with van der Waals surface area (Å²) in [7, 11) is -8.62. The minimum Gasteiger partial charge on any atom is -0.779 e. The molecule has 50 heavy (non-hydrogen) atoms. The molecule has 2 rings (SSSR count). The van der Waals surface area contributed by atoms with Crippen molar-refractivity contribution in [1.29, 1.82) is 0 Å². The summed E-state index contributed by atoms with van der Waals surface area (Å²) >= 11 is 6.56. The van der Waals surface area contributed by atoms with Gasteiger partial charge < -0.3 is 12.6 Å². The second-order valence-corrected chi connectivity index (χ2v) is 56.8. The quantitative estimate of drug-likeness (QED) is 0.151. The largest absolute Gasteiger partial charge is 0.779 e. The zero-order valence-electron chi connectivity index (χ0n) is 37.7. The third-order valence-electron chi connectivity index (χ3n) is 10.2. The Hall–Kier alpha value is 0.883. The molecule has 0 aliphatic heterocycles. The van der Waals surface area contributed by atoms with Crippen molar-refractivity contribution in [3.8, 4) is 0 Å². The third kappa shape index (κ3) is 14.2. The van der Waals surface area contributed by atoms with Gasteiger partial charge in [0.05, 0.1) is 0 Å². The van der Waals surface area contributed by atoms with Gasteiger partial charge in [0, 0.05) is 75.7 Å². The van der Waals surface area contributed by atoms with Gasteiger partial charge in [-0.3, -0.25) is 0 Å². The topological polar surface area (TPSA) is 0 Å². The Balaban J connectivity index is 0.00000125. The molecule has 0 aliphatic rings. The van der Waals surface area contributed by atoms with Crippen LogP contribution in [0.4, 0.5) is 0 Å². The Labute approximate surface area is 346 Å². The predicted octanol–water partition coefficient (Wildman–Crippen LogP) is 14.6. The van der Waals surface area contributed by atoms with E-state index in [1.807, 2.05) is 0 Å². The molecule has 0 unspecified atom stereocenters. The monoisotopic (exact) mass is 994 g/mol. The van der Waals surface area contributed by atoms with E-state index >= 15 is 0 Å². The van der Waals surface area contributed by atoms with E-state index in [9.17, 15) is 0 Å². The maximum Gasteiger partial charge on any atom is 0.0493 e. The maximum atomic E-state index is 6.56. The molecule has 285 valence electrons. The van der Waals surface area contributed by atoms with Crippen molar-refractivity contribution in [1.82, 2.24) is 0 Å². The normalized spacial score (nSPS) is 13.8. The summed E-state index contributed by atoms with van der Waals surface area (Å²) in [5.74, 6) is 1.75. The number of hydrogen-bond acceptors (Lipinski definition) is 1. The molecule has 0 heterocycles. The summed E-state index contributed by atoms with van der Waals surface area (Å²) in [6.45, 7) is 60.3. The van der Waals surface area contributed by atoms with Crippen LogP contribution in [0.2, 0.25) is 118 Å². The van der Waals surface area contributed by atoms with Crippen molar-refractivity contribution >= 4 is 88.4 Å². The van der Waals surface area contributed by atoms with E-state index in [1.54, 1.807) is 16.7 Å². The Morgan fingerprint density at radius 1 is 0.400 bits per heavy atom. The van der Waals surface area contributed by atoms with Crippen molar-refractivity contribution in [2.24, 2.45) is 0 Å². The molecule has 0 aromatic heterocycles. The fourth-order valence-corrected chi connectivity index (χ4v) is 48.6. The van der Waals surface area contributed by atoms with Crippen LogP contribution in [0, 0.1) is 6.07 Å². The Morgan fingerprint density at radius 3 is 0.860 bits per heavy atom. The van der Waals surface area contributed by atoms with Crippen molar-refractivity contribution in [2.45, 2.75) is 198 Å². The first-order valence-electron chi connectivity index (χ1n) is 19.4. The Bertz CT molecular complexity index is 1210. The summed E-state index contributed by atoms with van der Waals surface area (Å²) in [5.41, 5.74) is 9.03. The smallest absolute Gasteiger partial charge is 0.0493 e. The first kappa shape index (κ1) is 50.9. The first-order valence-corrected chi connectivity index (χ1v) is 41.3. The molecule has 0 saturated heterocycles. The zero-order valence-corrected chi connectivity index (χ0v) is 48.4. The molecule has 2 aromatic carbocycles. The van der Waals surface area contributed by atoms with Gasteiger partial charge in [-0.2, -0.15) is 4.90 Å². The van der Waals surface area contributed by atoms with Gasteiger partial charge in [-0.1, -0.05) is 195 Å². The van der Waals surface area contributed by atoms with Crippen LogP contribution in [0.15, 0.2) is 29.2 Å². The van der Waals surface area contributed by atoms with Crippen LogP contribution in [0.25, 0.3) is 0 Å². The molecule has 0 aliphatic carbocycles. The number of benzene rings is 2. The van der Waals surface area contributed by atoms with Crippen molar-refractivity contribution < 1.29 is 0 Å².